The Morgan fingerprint density at radius 3 is 2.00 bits per heavy atom. The predicted octanol–water partition coefficient (Wildman–Crippen LogP) is 4.21. The standard InChI is InChI=1S/C17H33NO4S/c1-2-3-4-5-6-7-8-9-10-11-12-13-16-23(21,22)18-15-14-17(19)20/h13,16,18H,2-12,14-15H2,1H3,(H,19,20)/b16-13+. The molecule has 0 spiro atoms. The first-order valence-electron chi connectivity index (χ1n) is 8.86. The van der Waals surface area contributed by atoms with E-state index in [2.05, 4.69) is 11.6 Å². The summed E-state index contributed by atoms with van der Waals surface area (Å²) >= 11 is 0. The van der Waals surface area contributed by atoms with E-state index in [9.17, 15) is 13.2 Å². The Kier molecular flexibility index (Phi) is 14.1. The van der Waals surface area contributed by atoms with Gasteiger partial charge in [-0.2, -0.15) is 0 Å². The third kappa shape index (κ3) is 17.3. The zero-order chi connectivity index (χ0) is 17.4. The van der Waals surface area contributed by atoms with Gasteiger partial charge in [-0.1, -0.05) is 70.8 Å². The molecule has 2 N–H and O–H groups in total. The van der Waals surface area contributed by atoms with Crippen LogP contribution in [-0.4, -0.2) is 26.0 Å². The monoisotopic (exact) mass is 347 g/mol. The van der Waals surface area contributed by atoms with Crippen LogP contribution in [0.15, 0.2) is 11.5 Å². The Balaban J connectivity index is 3.47. The van der Waals surface area contributed by atoms with E-state index < -0.39 is 16.0 Å². The van der Waals surface area contributed by atoms with Crippen LogP contribution in [0.2, 0.25) is 0 Å². The lowest BCUT2D eigenvalue weighted by molar-refractivity contribution is -0.136. The molecular weight excluding hydrogens is 314 g/mol. The fraction of sp³-hybridized carbons (Fsp3) is 0.824. The third-order valence-electron chi connectivity index (χ3n) is 3.64. The van der Waals surface area contributed by atoms with Gasteiger partial charge in [0.25, 0.3) is 0 Å². The molecule has 0 aromatic heterocycles. The summed E-state index contributed by atoms with van der Waals surface area (Å²) in [5.41, 5.74) is 0. The van der Waals surface area contributed by atoms with Crippen molar-refractivity contribution in [3.8, 4) is 0 Å². The lowest BCUT2D eigenvalue weighted by atomic mass is 10.1. The summed E-state index contributed by atoms with van der Waals surface area (Å²) < 4.78 is 25.2. The Morgan fingerprint density at radius 2 is 1.48 bits per heavy atom. The van der Waals surface area contributed by atoms with Gasteiger partial charge in [0.15, 0.2) is 0 Å². The summed E-state index contributed by atoms with van der Waals surface area (Å²) in [7, 11) is -3.48. The number of aliphatic carboxylic acids is 1. The van der Waals surface area contributed by atoms with Crippen molar-refractivity contribution in [3.63, 3.8) is 0 Å². The average Bonchev–Trinajstić information content (AvgIpc) is 2.47. The van der Waals surface area contributed by atoms with Crippen molar-refractivity contribution in [2.75, 3.05) is 6.54 Å². The van der Waals surface area contributed by atoms with E-state index in [1.54, 1.807) is 6.08 Å². The predicted molar refractivity (Wildman–Crippen MR) is 94.8 cm³/mol. The number of allylic oxidation sites excluding steroid dienone is 1. The van der Waals surface area contributed by atoms with Gasteiger partial charge in [-0.3, -0.25) is 4.79 Å². The molecule has 0 bridgehead atoms. The summed E-state index contributed by atoms with van der Waals surface area (Å²) in [6.07, 6.45) is 14.8. The van der Waals surface area contributed by atoms with Gasteiger partial charge in [0.05, 0.1) is 6.42 Å². The Labute approximate surface area is 141 Å². The van der Waals surface area contributed by atoms with Crippen LogP contribution in [0.25, 0.3) is 0 Å². The molecule has 0 fully saturated rings. The van der Waals surface area contributed by atoms with Crippen LogP contribution in [0.3, 0.4) is 0 Å². The number of rotatable bonds is 16. The first-order chi connectivity index (χ1) is 11.0. The molecule has 0 heterocycles. The van der Waals surface area contributed by atoms with Crippen LogP contribution < -0.4 is 4.72 Å². The molecule has 0 aromatic rings. The first-order valence-corrected chi connectivity index (χ1v) is 10.4. The molecule has 0 rings (SSSR count). The average molecular weight is 348 g/mol. The van der Waals surface area contributed by atoms with Crippen LogP contribution in [0.1, 0.15) is 84.0 Å². The first kappa shape index (κ1) is 22.1. The fourth-order valence-electron chi connectivity index (χ4n) is 2.29. The number of hydrogen-bond donors (Lipinski definition) is 2. The highest BCUT2D eigenvalue weighted by Gasteiger charge is 2.05. The van der Waals surface area contributed by atoms with Gasteiger partial charge < -0.3 is 5.11 Å². The number of carbonyl (C=O) groups is 1. The second-order valence-corrected chi connectivity index (χ2v) is 7.58. The minimum Gasteiger partial charge on any atom is -0.481 e. The van der Waals surface area contributed by atoms with Gasteiger partial charge >= 0.3 is 5.97 Å². The molecule has 0 aliphatic heterocycles. The molecule has 136 valence electrons. The van der Waals surface area contributed by atoms with Crippen LogP contribution in [0.5, 0.6) is 0 Å². The zero-order valence-electron chi connectivity index (χ0n) is 14.4. The zero-order valence-corrected chi connectivity index (χ0v) is 15.2. The number of unbranched alkanes of at least 4 members (excludes halogenated alkanes) is 10. The van der Waals surface area contributed by atoms with Gasteiger partial charge in [-0.05, 0) is 12.8 Å². The molecule has 0 aliphatic rings. The molecule has 0 radical (unpaired) electrons. The molecule has 0 amide bonds. The molecule has 5 nitrogen and oxygen atoms in total. The normalized spacial score (nSPS) is 12.0. The van der Waals surface area contributed by atoms with E-state index in [0.29, 0.717) is 0 Å². The second kappa shape index (κ2) is 14.7. The van der Waals surface area contributed by atoms with Gasteiger partial charge in [-0.25, -0.2) is 13.1 Å². The van der Waals surface area contributed by atoms with E-state index in [-0.39, 0.29) is 13.0 Å². The summed E-state index contributed by atoms with van der Waals surface area (Å²) in [6.45, 7) is 2.16. The minimum absolute atomic E-state index is 0.0692. The molecule has 0 unspecified atom stereocenters. The highest BCUT2D eigenvalue weighted by Crippen LogP contribution is 2.11. The SMILES string of the molecule is CCCCCCCCCCCC/C=C/S(=O)(=O)NCCC(=O)O. The quantitative estimate of drug-likeness (QED) is 0.410. The third-order valence-corrected chi connectivity index (χ3v) is 4.80. The van der Waals surface area contributed by atoms with E-state index in [4.69, 9.17) is 5.11 Å². The summed E-state index contributed by atoms with van der Waals surface area (Å²) in [5, 5.41) is 9.59. The van der Waals surface area contributed by atoms with Crippen LogP contribution >= 0.6 is 0 Å². The Hall–Kier alpha value is -0.880. The lowest BCUT2D eigenvalue weighted by Gasteiger charge is -2.01. The summed E-state index contributed by atoms with van der Waals surface area (Å²) in [4.78, 5) is 10.3. The van der Waals surface area contributed by atoms with Crippen molar-refractivity contribution in [1.29, 1.82) is 0 Å². The molecule has 0 aliphatic carbocycles. The van der Waals surface area contributed by atoms with Crippen molar-refractivity contribution in [1.82, 2.24) is 4.72 Å². The topological polar surface area (TPSA) is 83.5 Å². The van der Waals surface area contributed by atoms with Gasteiger partial charge in [-0.15, -0.1) is 0 Å². The maximum Gasteiger partial charge on any atom is 0.304 e. The van der Waals surface area contributed by atoms with Crippen molar-refractivity contribution in [2.45, 2.75) is 84.0 Å². The van der Waals surface area contributed by atoms with Crippen LogP contribution in [-0.2, 0) is 14.8 Å². The molecule has 0 saturated carbocycles. The fourth-order valence-corrected chi connectivity index (χ4v) is 3.16. The van der Waals surface area contributed by atoms with Crippen molar-refractivity contribution >= 4 is 16.0 Å². The van der Waals surface area contributed by atoms with E-state index >= 15 is 0 Å². The molecule has 0 atom stereocenters. The molecule has 0 aromatic carbocycles. The molecule has 0 saturated heterocycles. The molecular formula is C17H33NO4S. The number of nitrogens with one attached hydrogen (secondary N) is 1. The second-order valence-electron chi connectivity index (χ2n) is 5.93. The molecule has 23 heavy (non-hydrogen) atoms. The molecule has 6 heteroatoms. The van der Waals surface area contributed by atoms with E-state index in [0.717, 1.165) is 24.7 Å². The number of hydrogen-bond acceptors (Lipinski definition) is 3. The van der Waals surface area contributed by atoms with Gasteiger partial charge in [0.1, 0.15) is 0 Å². The minimum atomic E-state index is -3.48. The van der Waals surface area contributed by atoms with Gasteiger partial charge in [0.2, 0.25) is 10.0 Å². The highest BCUT2D eigenvalue weighted by molar-refractivity contribution is 7.92. The lowest BCUT2D eigenvalue weighted by Crippen LogP contribution is -2.24. The smallest absolute Gasteiger partial charge is 0.304 e. The number of carboxylic acid groups (broad SMARTS) is 1. The van der Waals surface area contributed by atoms with Crippen LogP contribution in [0.4, 0.5) is 0 Å². The summed E-state index contributed by atoms with van der Waals surface area (Å²) in [5.74, 6) is -1.01. The van der Waals surface area contributed by atoms with E-state index in [1.807, 2.05) is 0 Å². The Morgan fingerprint density at radius 1 is 0.957 bits per heavy atom. The van der Waals surface area contributed by atoms with Gasteiger partial charge in [0, 0.05) is 12.0 Å². The van der Waals surface area contributed by atoms with Crippen LogP contribution in [0, 0.1) is 0 Å². The summed E-state index contributed by atoms with van der Waals surface area (Å²) in [6, 6.07) is 0. The maximum atomic E-state index is 11.5. The number of carboxylic acids is 1. The highest BCUT2D eigenvalue weighted by atomic mass is 32.2. The largest absolute Gasteiger partial charge is 0.481 e. The van der Waals surface area contributed by atoms with Crippen molar-refractivity contribution < 1.29 is 18.3 Å². The number of sulfonamides is 1. The van der Waals surface area contributed by atoms with Crippen molar-refractivity contribution in [2.24, 2.45) is 0 Å². The van der Waals surface area contributed by atoms with E-state index in [1.165, 1.54) is 51.4 Å². The Bertz CT molecular complexity index is 418. The van der Waals surface area contributed by atoms with Crippen molar-refractivity contribution in [3.05, 3.63) is 11.5 Å². The maximum absolute atomic E-state index is 11.5.